The second-order valence-electron chi connectivity index (χ2n) is 4.88. The maximum atomic E-state index is 13.3. The van der Waals surface area contributed by atoms with E-state index < -0.39 is 0 Å². The number of H-pyrrole nitrogens is 1. The zero-order valence-corrected chi connectivity index (χ0v) is 15.8. The highest BCUT2D eigenvalue weighted by Crippen LogP contribution is 2.19. The first-order chi connectivity index (χ1) is 10.7. The fourth-order valence-electron chi connectivity index (χ4n) is 2.28. The Morgan fingerprint density at radius 2 is 2.09 bits per heavy atom. The van der Waals surface area contributed by atoms with Gasteiger partial charge in [-0.25, -0.2) is 4.39 Å². The first kappa shape index (κ1) is 19.7. The zero-order chi connectivity index (χ0) is 15.8. The second kappa shape index (κ2) is 10.4. The lowest BCUT2D eigenvalue weighted by molar-refractivity contribution is 0.152. The molecular weight excluding hydrogens is 410 g/mol. The van der Waals surface area contributed by atoms with Crippen molar-refractivity contribution < 1.29 is 9.13 Å². The standard InChI is InChI=1S/C16H23FN4O.HI/c1-3-22-9-8-20-16(18-2)19-7-6-12-11-21-15-5-4-13(17)10-14(12)15;/h4-5,10-11,21H,3,6-9H2,1-2H3,(H2,18,19,20);1H. The van der Waals surface area contributed by atoms with E-state index in [1.807, 2.05) is 13.1 Å². The number of aromatic nitrogens is 1. The van der Waals surface area contributed by atoms with Gasteiger partial charge in [0.25, 0.3) is 0 Å². The summed E-state index contributed by atoms with van der Waals surface area (Å²) >= 11 is 0. The lowest BCUT2D eigenvalue weighted by Crippen LogP contribution is -2.39. The maximum Gasteiger partial charge on any atom is 0.191 e. The molecule has 5 nitrogen and oxygen atoms in total. The fraction of sp³-hybridized carbons (Fsp3) is 0.438. The molecule has 0 spiro atoms. The van der Waals surface area contributed by atoms with Crippen molar-refractivity contribution in [3.8, 4) is 0 Å². The second-order valence-corrected chi connectivity index (χ2v) is 4.88. The molecule has 0 amide bonds. The van der Waals surface area contributed by atoms with Crippen LogP contribution in [-0.4, -0.2) is 44.3 Å². The van der Waals surface area contributed by atoms with Gasteiger partial charge in [0.2, 0.25) is 0 Å². The Kier molecular flexibility index (Phi) is 8.93. The molecule has 2 rings (SSSR count). The first-order valence-corrected chi connectivity index (χ1v) is 7.52. The van der Waals surface area contributed by atoms with Crippen LogP contribution in [0.4, 0.5) is 4.39 Å². The van der Waals surface area contributed by atoms with E-state index in [0.717, 1.165) is 35.4 Å². The van der Waals surface area contributed by atoms with Crippen molar-refractivity contribution in [2.75, 3.05) is 33.4 Å². The quantitative estimate of drug-likeness (QED) is 0.272. The van der Waals surface area contributed by atoms with Crippen LogP contribution in [-0.2, 0) is 11.2 Å². The van der Waals surface area contributed by atoms with Crippen LogP contribution >= 0.6 is 24.0 Å². The Morgan fingerprint density at radius 1 is 1.30 bits per heavy atom. The summed E-state index contributed by atoms with van der Waals surface area (Å²) in [6, 6.07) is 4.79. The van der Waals surface area contributed by atoms with E-state index in [0.29, 0.717) is 19.8 Å². The molecule has 3 N–H and O–H groups in total. The van der Waals surface area contributed by atoms with E-state index in [9.17, 15) is 4.39 Å². The molecule has 0 aliphatic carbocycles. The Morgan fingerprint density at radius 3 is 2.83 bits per heavy atom. The molecule has 0 unspecified atom stereocenters. The van der Waals surface area contributed by atoms with Crippen molar-refractivity contribution in [2.45, 2.75) is 13.3 Å². The lowest BCUT2D eigenvalue weighted by atomic mass is 10.1. The van der Waals surface area contributed by atoms with Gasteiger partial charge >= 0.3 is 0 Å². The SMILES string of the molecule is CCOCCNC(=NC)NCCc1c[nH]c2ccc(F)cc12.I. The van der Waals surface area contributed by atoms with E-state index in [1.54, 1.807) is 19.2 Å². The highest BCUT2D eigenvalue weighted by Gasteiger charge is 2.05. The van der Waals surface area contributed by atoms with Crippen molar-refractivity contribution in [3.05, 3.63) is 35.8 Å². The Hall–Kier alpha value is -1.35. The Bertz CT molecular complexity index is 630. The van der Waals surface area contributed by atoms with Gasteiger partial charge in [-0.1, -0.05) is 0 Å². The van der Waals surface area contributed by atoms with E-state index in [1.165, 1.54) is 6.07 Å². The van der Waals surface area contributed by atoms with Crippen molar-refractivity contribution in [2.24, 2.45) is 4.99 Å². The van der Waals surface area contributed by atoms with Crippen LogP contribution in [0.1, 0.15) is 12.5 Å². The van der Waals surface area contributed by atoms with Crippen molar-refractivity contribution in [3.63, 3.8) is 0 Å². The minimum absolute atomic E-state index is 0. The highest BCUT2D eigenvalue weighted by atomic mass is 127. The molecule has 7 heteroatoms. The number of nitrogens with one attached hydrogen (secondary N) is 3. The fourth-order valence-corrected chi connectivity index (χ4v) is 2.28. The normalized spacial score (nSPS) is 11.3. The van der Waals surface area contributed by atoms with Gasteiger partial charge in [0, 0.05) is 43.8 Å². The molecule has 1 aromatic heterocycles. The van der Waals surface area contributed by atoms with E-state index in [2.05, 4.69) is 20.6 Å². The van der Waals surface area contributed by atoms with E-state index in [4.69, 9.17) is 4.74 Å². The van der Waals surface area contributed by atoms with E-state index in [-0.39, 0.29) is 29.8 Å². The van der Waals surface area contributed by atoms with Gasteiger partial charge in [-0.05, 0) is 37.1 Å². The molecule has 1 heterocycles. The average molecular weight is 434 g/mol. The largest absolute Gasteiger partial charge is 0.380 e. The lowest BCUT2D eigenvalue weighted by Gasteiger charge is -2.11. The summed E-state index contributed by atoms with van der Waals surface area (Å²) < 4.78 is 18.6. The summed E-state index contributed by atoms with van der Waals surface area (Å²) in [6.45, 7) is 4.77. The van der Waals surface area contributed by atoms with Gasteiger partial charge in [-0.15, -0.1) is 24.0 Å². The molecule has 23 heavy (non-hydrogen) atoms. The summed E-state index contributed by atoms with van der Waals surface area (Å²) in [6.07, 6.45) is 2.71. The monoisotopic (exact) mass is 434 g/mol. The number of hydrogen-bond donors (Lipinski definition) is 3. The summed E-state index contributed by atoms with van der Waals surface area (Å²) in [5.41, 5.74) is 2.04. The highest BCUT2D eigenvalue weighted by molar-refractivity contribution is 14.0. The smallest absolute Gasteiger partial charge is 0.191 e. The predicted molar refractivity (Wildman–Crippen MR) is 103 cm³/mol. The van der Waals surface area contributed by atoms with Crippen LogP contribution in [0.3, 0.4) is 0 Å². The van der Waals surface area contributed by atoms with Crippen LogP contribution in [0.25, 0.3) is 10.9 Å². The molecule has 0 aliphatic rings. The number of ether oxygens (including phenoxy) is 1. The topological polar surface area (TPSA) is 61.4 Å². The number of fused-ring (bicyclic) bond motifs is 1. The minimum atomic E-state index is -0.213. The van der Waals surface area contributed by atoms with Gasteiger partial charge in [-0.3, -0.25) is 4.99 Å². The van der Waals surface area contributed by atoms with Crippen LogP contribution in [0.2, 0.25) is 0 Å². The molecule has 0 bridgehead atoms. The van der Waals surface area contributed by atoms with Gasteiger partial charge in [-0.2, -0.15) is 0 Å². The Balaban J connectivity index is 0.00000264. The minimum Gasteiger partial charge on any atom is -0.380 e. The molecule has 128 valence electrons. The van der Waals surface area contributed by atoms with Gasteiger partial charge < -0.3 is 20.4 Å². The van der Waals surface area contributed by atoms with Crippen molar-refractivity contribution in [1.82, 2.24) is 15.6 Å². The number of hydrogen-bond acceptors (Lipinski definition) is 2. The van der Waals surface area contributed by atoms with Crippen molar-refractivity contribution >= 4 is 40.8 Å². The molecular formula is C16H24FIN4O. The summed E-state index contributed by atoms with van der Waals surface area (Å²) in [5.74, 6) is 0.528. The first-order valence-electron chi connectivity index (χ1n) is 7.52. The summed E-state index contributed by atoms with van der Waals surface area (Å²) in [5, 5.41) is 7.35. The zero-order valence-electron chi connectivity index (χ0n) is 13.5. The molecule has 2 aromatic rings. The molecule has 0 saturated heterocycles. The number of aliphatic imine (C=N–C) groups is 1. The average Bonchev–Trinajstić information content (AvgIpc) is 2.92. The molecule has 1 aromatic carbocycles. The maximum absolute atomic E-state index is 13.3. The molecule has 0 atom stereocenters. The van der Waals surface area contributed by atoms with Crippen LogP contribution in [0, 0.1) is 5.82 Å². The van der Waals surface area contributed by atoms with Crippen LogP contribution in [0.15, 0.2) is 29.4 Å². The third kappa shape index (κ3) is 5.98. The van der Waals surface area contributed by atoms with Crippen LogP contribution < -0.4 is 10.6 Å². The molecule has 0 fully saturated rings. The van der Waals surface area contributed by atoms with E-state index >= 15 is 0 Å². The van der Waals surface area contributed by atoms with Crippen LogP contribution in [0.5, 0.6) is 0 Å². The van der Waals surface area contributed by atoms with Gasteiger partial charge in [0.1, 0.15) is 5.82 Å². The number of aromatic amines is 1. The number of nitrogens with zero attached hydrogens (tertiary/aromatic N) is 1. The number of rotatable bonds is 7. The number of benzene rings is 1. The third-order valence-corrected chi connectivity index (χ3v) is 3.38. The van der Waals surface area contributed by atoms with Gasteiger partial charge in [0.15, 0.2) is 5.96 Å². The van der Waals surface area contributed by atoms with Gasteiger partial charge in [0.05, 0.1) is 6.61 Å². The Labute approximate surface area is 153 Å². The molecule has 0 saturated carbocycles. The summed E-state index contributed by atoms with van der Waals surface area (Å²) in [7, 11) is 1.73. The third-order valence-electron chi connectivity index (χ3n) is 3.38. The molecule has 0 radical (unpaired) electrons. The molecule has 0 aliphatic heterocycles. The summed E-state index contributed by atoms with van der Waals surface area (Å²) in [4.78, 5) is 7.31. The predicted octanol–water partition coefficient (Wildman–Crippen LogP) is 2.67. The number of guanidine groups is 1. The van der Waals surface area contributed by atoms with Crippen molar-refractivity contribution in [1.29, 1.82) is 0 Å². The number of halogens is 2.